The van der Waals surface area contributed by atoms with Crippen LogP contribution in [0.1, 0.15) is 21.5 Å². The highest BCUT2D eigenvalue weighted by molar-refractivity contribution is 6.32. The van der Waals surface area contributed by atoms with E-state index in [0.29, 0.717) is 35.1 Å². The highest BCUT2D eigenvalue weighted by Crippen LogP contribution is 2.39. The van der Waals surface area contributed by atoms with E-state index in [4.69, 9.17) is 22.1 Å². The van der Waals surface area contributed by atoms with Crippen molar-refractivity contribution < 1.29 is 14.3 Å². The van der Waals surface area contributed by atoms with Gasteiger partial charge in [0, 0.05) is 56.0 Å². The van der Waals surface area contributed by atoms with Gasteiger partial charge in [-0.05, 0) is 59.2 Å². The van der Waals surface area contributed by atoms with Crippen LogP contribution in [0.15, 0.2) is 60.8 Å². The number of amides is 2. The monoisotopic (exact) mass is 589 g/mol. The molecule has 2 aliphatic rings. The van der Waals surface area contributed by atoms with E-state index in [2.05, 4.69) is 21.7 Å². The van der Waals surface area contributed by atoms with Gasteiger partial charge < -0.3 is 26.0 Å². The molecule has 2 aliphatic heterocycles. The van der Waals surface area contributed by atoms with Crippen molar-refractivity contribution in [2.45, 2.75) is 12.5 Å². The van der Waals surface area contributed by atoms with Crippen LogP contribution in [0.4, 0.5) is 5.82 Å². The summed E-state index contributed by atoms with van der Waals surface area (Å²) >= 11 is 6.56. The molecule has 3 aromatic rings. The number of aromatic nitrogens is 1. The molecule has 8 nitrogen and oxygen atoms in total. The molecular weight excluding hydrogens is 561 g/mol. The first kappa shape index (κ1) is 30.2. The molecule has 39 heavy (non-hydrogen) atoms. The van der Waals surface area contributed by atoms with Crippen LogP contribution in [0.25, 0.3) is 17.2 Å². The number of ether oxygens (including phenoxy) is 1. The maximum absolute atomic E-state index is 12.7. The zero-order valence-corrected chi connectivity index (χ0v) is 23.5. The number of fused-ring (bicyclic) bond motifs is 1. The first-order valence-electron chi connectivity index (χ1n) is 12.2. The summed E-state index contributed by atoms with van der Waals surface area (Å²) < 4.78 is 6.02. The van der Waals surface area contributed by atoms with Crippen LogP contribution in [0.5, 0.6) is 5.75 Å². The number of anilines is 1. The van der Waals surface area contributed by atoms with E-state index < -0.39 is 0 Å². The number of piperazine rings is 1. The van der Waals surface area contributed by atoms with Gasteiger partial charge in [-0.2, -0.15) is 0 Å². The van der Waals surface area contributed by atoms with Crippen molar-refractivity contribution in [2.24, 2.45) is 0 Å². The van der Waals surface area contributed by atoms with Gasteiger partial charge in [-0.1, -0.05) is 23.7 Å². The molecule has 1 fully saturated rings. The summed E-state index contributed by atoms with van der Waals surface area (Å²) in [5.41, 5.74) is 9.97. The lowest BCUT2D eigenvalue weighted by molar-refractivity contribution is -0.116. The maximum atomic E-state index is 12.7. The number of rotatable bonds is 6. The highest BCUT2D eigenvalue weighted by atomic mass is 35.5. The molecule has 0 spiro atoms. The molecule has 1 aromatic heterocycles. The van der Waals surface area contributed by atoms with Crippen LogP contribution in [-0.4, -0.2) is 60.5 Å². The van der Waals surface area contributed by atoms with Crippen molar-refractivity contribution in [1.82, 2.24) is 20.5 Å². The Morgan fingerprint density at radius 1 is 1.10 bits per heavy atom. The lowest BCUT2D eigenvalue weighted by atomic mass is 9.99. The first-order chi connectivity index (χ1) is 18.0. The second-order valence-electron chi connectivity index (χ2n) is 9.10. The summed E-state index contributed by atoms with van der Waals surface area (Å²) in [6.07, 6.45) is 5.16. The molecule has 1 atom stereocenters. The number of nitrogens with zero attached hydrogens (tertiary/aromatic N) is 2. The number of hydrogen-bond acceptors (Lipinski definition) is 6. The molecule has 0 bridgehead atoms. The van der Waals surface area contributed by atoms with Gasteiger partial charge in [0.25, 0.3) is 5.91 Å². The molecule has 1 unspecified atom stereocenters. The SMILES string of the molecule is Cl.Cl.Nc1ccc(/C=C/C(=O)NCC2Cc3cc(-c4ccc(C(=O)N5CCNCC5)cc4)cc(Cl)c3O2)cn1. The lowest BCUT2D eigenvalue weighted by Crippen LogP contribution is -2.46. The van der Waals surface area contributed by atoms with Crippen LogP contribution in [0.2, 0.25) is 5.02 Å². The average Bonchev–Trinajstić information content (AvgIpc) is 3.35. The van der Waals surface area contributed by atoms with Gasteiger partial charge in [-0.15, -0.1) is 24.8 Å². The fourth-order valence-electron chi connectivity index (χ4n) is 4.48. The molecular formula is C28H30Cl3N5O3. The molecule has 2 aromatic carbocycles. The summed E-state index contributed by atoms with van der Waals surface area (Å²) in [7, 11) is 0. The molecule has 0 aliphatic carbocycles. The Morgan fingerprint density at radius 3 is 2.54 bits per heavy atom. The number of nitrogens with two attached hydrogens (primary N) is 1. The van der Waals surface area contributed by atoms with E-state index >= 15 is 0 Å². The van der Waals surface area contributed by atoms with E-state index in [9.17, 15) is 9.59 Å². The van der Waals surface area contributed by atoms with Crippen LogP contribution in [-0.2, 0) is 11.2 Å². The Bertz CT molecular complexity index is 1330. The standard InChI is InChI=1S/C28H28ClN5O3.2ClH/c29-24-15-21(19-3-5-20(6-4-19)28(36)34-11-9-31-10-12-34)13-22-14-23(37-27(22)24)17-33-26(35)8-2-18-1-7-25(30)32-16-18;;/h1-8,13,15-16,23,31H,9-12,14,17H2,(H2,30,32)(H,33,35);2*1H/b8-2+;;. The summed E-state index contributed by atoms with van der Waals surface area (Å²) in [6, 6.07) is 15.0. The van der Waals surface area contributed by atoms with Gasteiger partial charge in [0.05, 0.1) is 11.6 Å². The number of nitrogen functional groups attached to an aromatic ring is 1. The van der Waals surface area contributed by atoms with Crippen molar-refractivity contribution in [2.75, 3.05) is 38.5 Å². The Balaban J connectivity index is 0.00000210. The molecule has 4 N–H and O–H groups in total. The number of halogens is 3. The summed E-state index contributed by atoms with van der Waals surface area (Å²) in [6.45, 7) is 3.44. The third-order valence-corrected chi connectivity index (χ3v) is 6.74. The maximum Gasteiger partial charge on any atom is 0.253 e. The van der Waals surface area contributed by atoms with Crippen LogP contribution >= 0.6 is 36.4 Å². The number of nitrogens with one attached hydrogen (secondary N) is 2. The summed E-state index contributed by atoms with van der Waals surface area (Å²) in [5, 5.41) is 6.66. The minimum absolute atomic E-state index is 0. The number of hydrogen-bond donors (Lipinski definition) is 3. The van der Waals surface area contributed by atoms with Crippen molar-refractivity contribution in [3.63, 3.8) is 0 Å². The largest absolute Gasteiger partial charge is 0.486 e. The molecule has 11 heteroatoms. The van der Waals surface area contributed by atoms with Crippen molar-refractivity contribution in [1.29, 1.82) is 0 Å². The Kier molecular flexibility index (Phi) is 10.6. The Labute approximate surface area is 244 Å². The molecule has 0 saturated carbocycles. The fourth-order valence-corrected chi connectivity index (χ4v) is 4.77. The quantitative estimate of drug-likeness (QED) is 0.375. The Hall–Kier alpha value is -3.30. The molecule has 5 rings (SSSR count). The third-order valence-electron chi connectivity index (χ3n) is 6.46. The highest BCUT2D eigenvalue weighted by Gasteiger charge is 2.26. The topological polar surface area (TPSA) is 110 Å². The minimum Gasteiger partial charge on any atom is -0.486 e. The third kappa shape index (κ3) is 7.42. The van der Waals surface area contributed by atoms with Gasteiger partial charge in [-0.3, -0.25) is 9.59 Å². The van der Waals surface area contributed by atoms with Crippen LogP contribution < -0.4 is 21.1 Å². The first-order valence-corrected chi connectivity index (χ1v) is 12.6. The van der Waals surface area contributed by atoms with Crippen molar-refractivity contribution in [3.8, 4) is 16.9 Å². The van der Waals surface area contributed by atoms with E-state index in [1.807, 2.05) is 35.2 Å². The number of pyridine rings is 1. The smallest absolute Gasteiger partial charge is 0.253 e. The van der Waals surface area contributed by atoms with Crippen LogP contribution in [0, 0.1) is 0 Å². The zero-order valence-electron chi connectivity index (χ0n) is 21.1. The fraction of sp³-hybridized carbons (Fsp3) is 0.250. The predicted octanol–water partition coefficient (Wildman–Crippen LogP) is 4.01. The molecule has 206 valence electrons. The molecule has 3 heterocycles. The normalized spacial score (nSPS) is 16.0. The van der Waals surface area contributed by atoms with Gasteiger partial charge in [0.1, 0.15) is 17.7 Å². The predicted molar refractivity (Wildman–Crippen MR) is 159 cm³/mol. The molecule has 0 radical (unpaired) electrons. The van der Waals surface area contributed by atoms with E-state index in [-0.39, 0.29) is 42.7 Å². The van der Waals surface area contributed by atoms with E-state index in [1.165, 1.54) is 6.08 Å². The van der Waals surface area contributed by atoms with Gasteiger partial charge in [0.15, 0.2) is 0 Å². The van der Waals surface area contributed by atoms with E-state index in [0.717, 1.165) is 48.4 Å². The van der Waals surface area contributed by atoms with Crippen LogP contribution in [0.3, 0.4) is 0 Å². The average molecular weight is 591 g/mol. The van der Waals surface area contributed by atoms with Gasteiger partial charge in [0.2, 0.25) is 5.91 Å². The number of carbonyl (C=O) groups excluding carboxylic acids is 2. The van der Waals surface area contributed by atoms with Crippen molar-refractivity contribution >= 4 is 60.1 Å². The number of carbonyl (C=O) groups is 2. The molecule has 2 amide bonds. The molecule has 1 saturated heterocycles. The summed E-state index contributed by atoms with van der Waals surface area (Å²) in [5.74, 6) is 0.912. The second-order valence-corrected chi connectivity index (χ2v) is 9.51. The van der Waals surface area contributed by atoms with Gasteiger partial charge >= 0.3 is 0 Å². The summed E-state index contributed by atoms with van der Waals surface area (Å²) in [4.78, 5) is 30.9. The number of benzene rings is 2. The van der Waals surface area contributed by atoms with E-state index in [1.54, 1.807) is 24.4 Å². The minimum atomic E-state index is -0.223. The second kappa shape index (κ2) is 13.7. The Morgan fingerprint density at radius 2 is 1.85 bits per heavy atom. The van der Waals surface area contributed by atoms with Crippen molar-refractivity contribution in [3.05, 3.63) is 82.5 Å². The zero-order chi connectivity index (χ0) is 25.8. The van der Waals surface area contributed by atoms with Gasteiger partial charge in [-0.25, -0.2) is 4.98 Å². The lowest BCUT2D eigenvalue weighted by Gasteiger charge is -2.27.